The molecule has 1 aromatic carbocycles. The second-order valence-electron chi connectivity index (χ2n) is 7.47. The summed E-state index contributed by atoms with van der Waals surface area (Å²) >= 11 is 0. The van der Waals surface area contributed by atoms with E-state index in [1.54, 1.807) is 35.4 Å². The molecule has 2 amide bonds. The number of carbonyl (C=O) groups is 2. The van der Waals surface area contributed by atoms with Gasteiger partial charge in [0.05, 0.1) is 16.8 Å². The molecule has 0 aliphatic rings. The first-order valence-electron chi connectivity index (χ1n) is 9.50. The highest BCUT2D eigenvalue weighted by atomic mass is 16.2. The molecular weight excluding hydrogens is 340 g/mol. The van der Waals surface area contributed by atoms with Gasteiger partial charge in [-0.3, -0.25) is 14.3 Å². The zero-order valence-corrected chi connectivity index (χ0v) is 17.2. The van der Waals surface area contributed by atoms with E-state index in [1.165, 1.54) is 0 Å². The van der Waals surface area contributed by atoms with Crippen LogP contribution in [0.4, 0.5) is 5.69 Å². The molecule has 0 saturated heterocycles. The molecule has 1 heterocycles. The molecule has 6 nitrogen and oxygen atoms in total. The molecule has 0 unspecified atom stereocenters. The maximum Gasteiger partial charge on any atom is 0.259 e. The summed E-state index contributed by atoms with van der Waals surface area (Å²) in [5.41, 5.74) is 2.30. The van der Waals surface area contributed by atoms with E-state index in [0.717, 1.165) is 5.69 Å². The Morgan fingerprint density at radius 2 is 1.81 bits per heavy atom. The molecule has 0 bridgehead atoms. The highest BCUT2D eigenvalue weighted by Gasteiger charge is 2.21. The standard InChI is InChI=1S/C21H30N4O2/c1-7-18-17(14-25(23-18)21(4,5)6)19(26)22-16-12-10-11-15(13-16)20(27)24(8-2)9-3/h10-14H,7-9H2,1-6H3,(H,22,26). The van der Waals surface area contributed by atoms with Crippen LogP contribution in [0.25, 0.3) is 0 Å². The maximum atomic E-state index is 12.8. The number of nitrogens with zero attached hydrogens (tertiary/aromatic N) is 3. The Morgan fingerprint density at radius 3 is 2.37 bits per heavy atom. The number of hydrogen-bond acceptors (Lipinski definition) is 3. The second kappa shape index (κ2) is 8.37. The van der Waals surface area contributed by atoms with Crippen molar-refractivity contribution in [2.24, 2.45) is 0 Å². The van der Waals surface area contributed by atoms with Crippen LogP contribution >= 0.6 is 0 Å². The van der Waals surface area contributed by atoms with Crippen molar-refractivity contribution in [3.8, 4) is 0 Å². The number of carbonyl (C=O) groups excluding carboxylic acids is 2. The third-order valence-electron chi connectivity index (χ3n) is 4.48. The molecule has 0 aliphatic heterocycles. The lowest BCUT2D eigenvalue weighted by Crippen LogP contribution is -2.30. The lowest BCUT2D eigenvalue weighted by molar-refractivity contribution is 0.0772. The van der Waals surface area contributed by atoms with Crippen LogP contribution in [-0.2, 0) is 12.0 Å². The molecule has 0 aliphatic carbocycles. The van der Waals surface area contributed by atoms with Gasteiger partial charge in [0.2, 0.25) is 0 Å². The van der Waals surface area contributed by atoms with Crippen molar-refractivity contribution in [3.63, 3.8) is 0 Å². The van der Waals surface area contributed by atoms with Crippen LogP contribution in [0.5, 0.6) is 0 Å². The van der Waals surface area contributed by atoms with Crippen molar-refractivity contribution in [1.82, 2.24) is 14.7 Å². The van der Waals surface area contributed by atoms with E-state index in [0.29, 0.717) is 36.3 Å². The minimum Gasteiger partial charge on any atom is -0.339 e. The average molecular weight is 370 g/mol. The fraction of sp³-hybridized carbons (Fsp3) is 0.476. The smallest absolute Gasteiger partial charge is 0.259 e. The highest BCUT2D eigenvalue weighted by Crippen LogP contribution is 2.19. The summed E-state index contributed by atoms with van der Waals surface area (Å²) in [4.78, 5) is 27.1. The van der Waals surface area contributed by atoms with Gasteiger partial charge in [0, 0.05) is 30.5 Å². The van der Waals surface area contributed by atoms with Crippen molar-refractivity contribution in [2.45, 2.75) is 53.5 Å². The quantitative estimate of drug-likeness (QED) is 0.838. The van der Waals surface area contributed by atoms with Gasteiger partial charge in [-0.2, -0.15) is 5.10 Å². The number of anilines is 1. The molecule has 146 valence electrons. The van der Waals surface area contributed by atoms with Crippen LogP contribution in [0.2, 0.25) is 0 Å². The summed E-state index contributed by atoms with van der Waals surface area (Å²) in [5.74, 6) is -0.249. The van der Waals surface area contributed by atoms with E-state index in [9.17, 15) is 9.59 Å². The van der Waals surface area contributed by atoms with E-state index in [-0.39, 0.29) is 17.4 Å². The summed E-state index contributed by atoms with van der Waals surface area (Å²) in [5, 5.41) is 7.45. The van der Waals surface area contributed by atoms with E-state index in [4.69, 9.17) is 0 Å². The number of aromatic nitrogens is 2. The van der Waals surface area contributed by atoms with Crippen molar-refractivity contribution in [3.05, 3.63) is 47.3 Å². The summed E-state index contributed by atoms with van der Waals surface area (Å²) in [6, 6.07) is 7.06. The van der Waals surface area contributed by atoms with Crippen LogP contribution < -0.4 is 5.32 Å². The van der Waals surface area contributed by atoms with Gasteiger partial charge in [0.1, 0.15) is 0 Å². The van der Waals surface area contributed by atoms with Crippen LogP contribution in [0.1, 0.15) is 68.0 Å². The van der Waals surface area contributed by atoms with Crippen molar-refractivity contribution < 1.29 is 9.59 Å². The Balaban J connectivity index is 2.25. The number of nitrogens with one attached hydrogen (secondary N) is 1. The first kappa shape index (κ1) is 20.7. The van der Waals surface area contributed by atoms with Gasteiger partial charge in [-0.05, 0) is 59.2 Å². The lowest BCUT2D eigenvalue weighted by atomic mass is 10.1. The third-order valence-corrected chi connectivity index (χ3v) is 4.48. The summed E-state index contributed by atoms with van der Waals surface area (Å²) in [6.45, 7) is 13.3. The van der Waals surface area contributed by atoms with E-state index >= 15 is 0 Å². The number of rotatable bonds is 6. The van der Waals surface area contributed by atoms with E-state index in [2.05, 4.69) is 10.4 Å². The fourth-order valence-corrected chi connectivity index (χ4v) is 2.83. The van der Waals surface area contributed by atoms with Gasteiger partial charge in [0.15, 0.2) is 0 Å². The molecule has 27 heavy (non-hydrogen) atoms. The van der Waals surface area contributed by atoms with Gasteiger partial charge in [-0.15, -0.1) is 0 Å². The third kappa shape index (κ3) is 4.76. The molecule has 0 spiro atoms. The molecule has 2 aromatic rings. The summed E-state index contributed by atoms with van der Waals surface area (Å²) < 4.78 is 1.82. The fourth-order valence-electron chi connectivity index (χ4n) is 2.83. The molecule has 1 N–H and O–H groups in total. The van der Waals surface area contributed by atoms with Crippen LogP contribution in [0.15, 0.2) is 30.5 Å². The average Bonchev–Trinajstić information content (AvgIpc) is 3.08. The Bertz CT molecular complexity index is 814. The molecule has 0 fully saturated rings. The first-order chi connectivity index (χ1) is 12.7. The Labute approximate surface area is 161 Å². The van der Waals surface area contributed by atoms with Gasteiger partial charge in [-0.1, -0.05) is 13.0 Å². The number of aryl methyl sites for hydroxylation is 1. The molecule has 2 rings (SSSR count). The topological polar surface area (TPSA) is 67.2 Å². The van der Waals surface area contributed by atoms with Crippen LogP contribution in [0, 0.1) is 0 Å². The van der Waals surface area contributed by atoms with Crippen molar-refractivity contribution in [1.29, 1.82) is 0 Å². The summed E-state index contributed by atoms with van der Waals surface area (Å²) in [7, 11) is 0. The van der Waals surface area contributed by atoms with E-state index in [1.807, 2.05) is 46.2 Å². The largest absolute Gasteiger partial charge is 0.339 e. The lowest BCUT2D eigenvalue weighted by Gasteiger charge is -2.19. The van der Waals surface area contributed by atoms with Crippen molar-refractivity contribution >= 4 is 17.5 Å². The normalized spacial score (nSPS) is 11.3. The molecule has 0 radical (unpaired) electrons. The Hall–Kier alpha value is -2.63. The highest BCUT2D eigenvalue weighted by molar-refractivity contribution is 6.05. The van der Waals surface area contributed by atoms with Gasteiger partial charge < -0.3 is 10.2 Å². The van der Waals surface area contributed by atoms with Crippen LogP contribution in [0.3, 0.4) is 0 Å². The Kier molecular flexibility index (Phi) is 6.41. The minimum absolute atomic E-state index is 0.0362. The van der Waals surface area contributed by atoms with Crippen LogP contribution in [-0.4, -0.2) is 39.6 Å². The molecule has 0 saturated carbocycles. The number of amides is 2. The number of benzene rings is 1. The minimum atomic E-state index is -0.213. The maximum absolute atomic E-state index is 12.8. The van der Waals surface area contributed by atoms with Gasteiger partial charge in [0.25, 0.3) is 11.8 Å². The molecule has 0 atom stereocenters. The zero-order valence-electron chi connectivity index (χ0n) is 17.2. The molecule has 6 heteroatoms. The second-order valence-corrected chi connectivity index (χ2v) is 7.47. The monoisotopic (exact) mass is 370 g/mol. The SMILES string of the molecule is CCc1nn(C(C)(C)C)cc1C(=O)Nc1cccc(C(=O)N(CC)CC)c1. The van der Waals surface area contributed by atoms with Gasteiger partial charge >= 0.3 is 0 Å². The predicted molar refractivity (Wildman–Crippen MR) is 108 cm³/mol. The molecule has 1 aromatic heterocycles. The van der Waals surface area contributed by atoms with Gasteiger partial charge in [-0.25, -0.2) is 0 Å². The van der Waals surface area contributed by atoms with E-state index < -0.39 is 0 Å². The summed E-state index contributed by atoms with van der Waals surface area (Å²) in [6.07, 6.45) is 2.46. The zero-order chi connectivity index (χ0) is 20.2. The van der Waals surface area contributed by atoms with Crippen molar-refractivity contribution in [2.75, 3.05) is 18.4 Å². The Morgan fingerprint density at radius 1 is 1.15 bits per heavy atom. The first-order valence-corrected chi connectivity index (χ1v) is 9.50. The molecular formula is C21H30N4O2. The predicted octanol–water partition coefficient (Wildman–Crippen LogP) is 3.93. The number of hydrogen-bond donors (Lipinski definition) is 1.